The van der Waals surface area contributed by atoms with Crippen LogP contribution in [-0.2, 0) is 6.54 Å². The van der Waals surface area contributed by atoms with Crippen LogP contribution in [0.4, 0.5) is 0 Å². The zero-order valence-corrected chi connectivity index (χ0v) is 12.8. The van der Waals surface area contributed by atoms with E-state index in [1.165, 1.54) is 6.42 Å². The summed E-state index contributed by atoms with van der Waals surface area (Å²) in [4.78, 5) is 7.04. The van der Waals surface area contributed by atoms with Crippen LogP contribution in [0.2, 0.25) is 0 Å². The topological polar surface area (TPSA) is 28.2 Å². The molecule has 1 aromatic rings. The van der Waals surface area contributed by atoms with E-state index in [2.05, 4.69) is 57.1 Å². The fourth-order valence-electron chi connectivity index (χ4n) is 2.50. The van der Waals surface area contributed by atoms with Gasteiger partial charge in [0.05, 0.1) is 5.69 Å². The monoisotopic (exact) mass is 311 g/mol. The molecule has 0 radical (unpaired) electrons. The molecular weight excluding hydrogens is 290 g/mol. The number of halogens is 1. The molecule has 1 aromatic heterocycles. The number of piperazine rings is 1. The Kier molecular flexibility index (Phi) is 5.15. The van der Waals surface area contributed by atoms with E-state index in [1.54, 1.807) is 0 Å². The molecule has 18 heavy (non-hydrogen) atoms. The Morgan fingerprint density at radius 3 is 3.00 bits per heavy atom. The van der Waals surface area contributed by atoms with Gasteiger partial charge in [-0.15, -0.1) is 0 Å². The van der Waals surface area contributed by atoms with E-state index in [0.717, 1.165) is 42.3 Å². The molecule has 4 heteroatoms. The second-order valence-corrected chi connectivity index (χ2v) is 6.34. The summed E-state index contributed by atoms with van der Waals surface area (Å²) in [6.07, 6.45) is 3.14. The van der Waals surface area contributed by atoms with Crippen molar-refractivity contribution < 1.29 is 0 Å². The van der Waals surface area contributed by atoms with Crippen molar-refractivity contribution in [2.75, 3.05) is 19.6 Å². The number of nitrogens with one attached hydrogen (secondary N) is 1. The standard InChI is InChI=1S/C14H22BrN3/c1-11(2)7-14-9-16-5-6-18(14)10-13-4-3-12(15)8-17-13/h3-4,8,11,14,16H,5-7,9-10H2,1-2H3. The maximum Gasteiger partial charge on any atom is 0.0544 e. The number of nitrogens with zero attached hydrogens (tertiary/aromatic N) is 2. The van der Waals surface area contributed by atoms with E-state index in [-0.39, 0.29) is 0 Å². The first-order valence-electron chi connectivity index (χ1n) is 6.70. The summed E-state index contributed by atoms with van der Waals surface area (Å²) < 4.78 is 1.05. The Morgan fingerprint density at radius 2 is 2.33 bits per heavy atom. The molecule has 3 nitrogen and oxygen atoms in total. The largest absolute Gasteiger partial charge is 0.314 e. The zero-order chi connectivity index (χ0) is 13.0. The summed E-state index contributed by atoms with van der Waals surface area (Å²) >= 11 is 3.43. The SMILES string of the molecule is CC(C)CC1CNCCN1Cc1ccc(Br)cn1. The molecule has 2 heterocycles. The fraction of sp³-hybridized carbons (Fsp3) is 0.643. The zero-order valence-electron chi connectivity index (χ0n) is 11.2. The number of pyridine rings is 1. The highest BCUT2D eigenvalue weighted by Crippen LogP contribution is 2.16. The van der Waals surface area contributed by atoms with Gasteiger partial charge in [0.1, 0.15) is 0 Å². The molecule has 1 aliphatic heterocycles. The lowest BCUT2D eigenvalue weighted by Crippen LogP contribution is -2.51. The van der Waals surface area contributed by atoms with E-state index in [0.29, 0.717) is 6.04 Å². The molecule has 0 spiro atoms. The van der Waals surface area contributed by atoms with E-state index in [9.17, 15) is 0 Å². The van der Waals surface area contributed by atoms with Crippen LogP contribution in [0.25, 0.3) is 0 Å². The van der Waals surface area contributed by atoms with Gasteiger partial charge in [0, 0.05) is 42.9 Å². The van der Waals surface area contributed by atoms with Crippen LogP contribution in [0.15, 0.2) is 22.8 Å². The van der Waals surface area contributed by atoms with Crippen molar-refractivity contribution in [1.29, 1.82) is 0 Å². The van der Waals surface area contributed by atoms with Gasteiger partial charge in [0.2, 0.25) is 0 Å². The van der Waals surface area contributed by atoms with Crippen LogP contribution >= 0.6 is 15.9 Å². The molecule has 0 amide bonds. The third kappa shape index (κ3) is 4.04. The number of rotatable bonds is 4. The Balaban J connectivity index is 1.98. The summed E-state index contributed by atoms with van der Waals surface area (Å²) in [5.74, 6) is 0.746. The smallest absolute Gasteiger partial charge is 0.0544 e. The average molecular weight is 312 g/mol. The highest BCUT2D eigenvalue weighted by atomic mass is 79.9. The molecule has 1 fully saturated rings. The number of aromatic nitrogens is 1. The van der Waals surface area contributed by atoms with Gasteiger partial charge in [0.15, 0.2) is 0 Å². The Hall–Kier alpha value is -0.450. The summed E-state index contributed by atoms with van der Waals surface area (Å²) in [5, 5.41) is 3.50. The predicted molar refractivity (Wildman–Crippen MR) is 78.5 cm³/mol. The van der Waals surface area contributed by atoms with Gasteiger partial charge in [-0.2, -0.15) is 0 Å². The molecule has 100 valence electrons. The van der Waals surface area contributed by atoms with Gasteiger partial charge in [-0.3, -0.25) is 9.88 Å². The van der Waals surface area contributed by atoms with Crippen molar-refractivity contribution in [2.24, 2.45) is 5.92 Å². The lowest BCUT2D eigenvalue weighted by Gasteiger charge is -2.37. The van der Waals surface area contributed by atoms with Crippen molar-refractivity contribution in [3.05, 3.63) is 28.5 Å². The lowest BCUT2D eigenvalue weighted by atomic mass is 10.0. The van der Waals surface area contributed by atoms with E-state index < -0.39 is 0 Å². The van der Waals surface area contributed by atoms with Gasteiger partial charge in [-0.1, -0.05) is 13.8 Å². The van der Waals surface area contributed by atoms with E-state index >= 15 is 0 Å². The highest BCUT2D eigenvalue weighted by Gasteiger charge is 2.23. The van der Waals surface area contributed by atoms with Gasteiger partial charge in [-0.25, -0.2) is 0 Å². The summed E-state index contributed by atoms with van der Waals surface area (Å²) in [6.45, 7) is 8.87. The Labute approximate surface area is 118 Å². The minimum atomic E-state index is 0.643. The second-order valence-electron chi connectivity index (χ2n) is 5.43. The van der Waals surface area contributed by atoms with Crippen molar-refractivity contribution >= 4 is 15.9 Å². The molecule has 1 aliphatic rings. The van der Waals surface area contributed by atoms with E-state index in [4.69, 9.17) is 0 Å². The normalized spacial score (nSPS) is 21.4. The summed E-state index contributed by atoms with van der Waals surface area (Å²) in [7, 11) is 0. The Morgan fingerprint density at radius 1 is 1.50 bits per heavy atom. The molecule has 0 aromatic carbocycles. The van der Waals surface area contributed by atoms with Gasteiger partial charge in [0.25, 0.3) is 0 Å². The summed E-state index contributed by atoms with van der Waals surface area (Å²) in [6, 6.07) is 4.82. The molecule has 0 bridgehead atoms. The first-order chi connectivity index (χ1) is 8.65. The van der Waals surface area contributed by atoms with Crippen molar-refractivity contribution in [1.82, 2.24) is 15.2 Å². The second kappa shape index (κ2) is 6.64. The molecule has 1 saturated heterocycles. The quantitative estimate of drug-likeness (QED) is 0.926. The fourth-order valence-corrected chi connectivity index (χ4v) is 2.73. The van der Waals surface area contributed by atoms with E-state index in [1.807, 2.05) is 6.20 Å². The predicted octanol–water partition coefficient (Wildman–Crippen LogP) is 2.66. The summed E-state index contributed by atoms with van der Waals surface area (Å²) in [5.41, 5.74) is 1.16. The van der Waals surface area contributed by atoms with Gasteiger partial charge < -0.3 is 5.32 Å². The van der Waals surface area contributed by atoms with Crippen LogP contribution in [0.5, 0.6) is 0 Å². The minimum Gasteiger partial charge on any atom is -0.314 e. The Bertz CT molecular complexity index is 364. The highest BCUT2D eigenvalue weighted by molar-refractivity contribution is 9.10. The maximum absolute atomic E-state index is 4.48. The van der Waals surface area contributed by atoms with Gasteiger partial charge >= 0.3 is 0 Å². The molecule has 1 N–H and O–H groups in total. The first-order valence-corrected chi connectivity index (χ1v) is 7.49. The molecule has 0 aliphatic carbocycles. The molecule has 1 unspecified atom stereocenters. The average Bonchev–Trinajstić information content (AvgIpc) is 2.34. The third-order valence-electron chi connectivity index (χ3n) is 3.37. The van der Waals surface area contributed by atoms with Crippen LogP contribution in [0.3, 0.4) is 0 Å². The number of hydrogen-bond acceptors (Lipinski definition) is 3. The number of hydrogen-bond donors (Lipinski definition) is 1. The molecule has 2 rings (SSSR count). The molecule has 1 atom stereocenters. The van der Waals surface area contributed by atoms with Crippen LogP contribution < -0.4 is 5.32 Å². The lowest BCUT2D eigenvalue weighted by molar-refractivity contribution is 0.132. The molecule has 0 saturated carbocycles. The van der Waals surface area contributed by atoms with Gasteiger partial charge in [-0.05, 0) is 40.4 Å². The van der Waals surface area contributed by atoms with Crippen LogP contribution in [-0.4, -0.2) is 35.6 Å². The molecular formula is C14H22BrN3. The minimum absolute atomic E-state index is 0.643. The van der Waals surface area contributed by atoms with Crippen LogP contribution in [0.1, 0.15) is 26.0 Å². The first kappa shape index (κ1) is 14.0. The van der Waals surface area contributed by atoms with Crippen molar-refractivity contribution in [3.63, 3.8) is 0 Å². The maximum atomic E-state index is 4.48. The van der Waals surface area contributed by atoms with Crippen molar-refractivity contribution in [3.8, 4) is 0 Å². The van der Waals surface area contributed by atoms with Crippen molar-refractivity contribution in [2.45, 2.75) is 32.9 Å². The van der Waals surface area contributed by atoms with Crippen LogP contribution in [0, 0.1) is 5.92 Å². The third-order valence-corrected chi connectivity index (χ3v) is 3.84.